The minimum atomic E-state index is -0.403. The number of carbonyl (C=O) groups excluding carboxylic acids is 1. The standard InChI is InChI=1S/C15H17NO3S/c1-9(2)19-12-7-5-6-11(8-12)14-16-13(10(3)20-14)15(17)18-4/h5-9H,1-4H3. The maximum absolute atomic E-state index is 11.6. The maximum atomic E-state index is 11.6. The first-order chi connectivity index (χ1) is 9.51. The van der Waals surface area contributed by atoms with Crippen LogP contribution in [-0.2, 0) is 4.74 Å². The van der Waals surface area contributed by atoms with Gasteiger partial charge in [0.15, 0.2) is 5.69 Å². The highest BCUT2D eigenvalue weighted by Gasteiger charge is 2.16. The topological polar surface area (TPSA) is 48.4 Å². The smallest absolute Gasteiger partial charge is 0.357 e. The number of hydrogen-bond acceptors (Lipinski definition) is 5. The number of hydrogen-bond donors (Lipinski definition) is 0. The molecule has 1 heterocycles. The van der Waals surface area contributed by atoms with Gasteiger partial charge in [0.1, 0.15) is 10.8 Å². The van der Waals surface area contributed by atoms with Gasteiger partial charge in [-0.2, -0.15) is 0 Å². The summed E-state index contributed by atoms with van der Waals surface area (Å²) in [6.45, 7) is 5.83. The molecule has 106 valence electrons. The van der Waals surface area contributed by atoms with Crippen LogP contribution < -0.4 is 4.74 Å². The van der Waals surface area contributed by atoms with E-state index in [0.717, 1.165) is 21.2 Å². The van der Waals surface area contributed by atoms with E-state index in [9.17, 15) is 4.79 Å². The molecule has 0 atom stereocenters. The van der Waals surface area contributed by atoms with Crippen molar-refractivity contribution < 1.29 is 14.3 Å². The fraction of sp³-hybridized carbons (Fsp3) is 0.333. The van der Waals surface area contributed by atoms with Crippen LogP contribution in [0.1, 0.15) is 29.2 Å². The largest absolute Gasteiger partial charge is 0.491 e. The highest BCUT2D eigenvalue weighted by atomic mass is 32.1. The van der Waals surface area contributed by atoms with E-state index < -0.39 is 5.97 Å². The number of thiazole rings is 1. The number of rotatable bonds is 4. The molecule has 0 saturated heterocycles. The van der Waals surface area contributed by atoms with E-state index in [4.69, 9.17) is 9.47 Å². The van der Waals surface area contributed by atoms with Crippen LogP contribution in [-0.4, -0.2) is 24.2 Å². The Bertz CT molecular complexity index is 619. The summed E-state index contributed by atoms with van der Waals surface area (Å²) in [5, 5.41) is 0.789. The van der Waals surface area contributed by atoms with Crippen molar-refractivity contribution >= 4 is 17.3 Å². The lowest BCUT2D eigenvalue weighted by Gasteiger charge is -2.09. The number of aromatic nitrogens is 1. The Labute approximate surface area is 122 Å². The molecule has 20 heavy (non-hydrogen) atoms. The van der Waals surface area contributed by atoms with Gasteiger partial charge in [0.05, 0.1) is 13.2 Å². The summed E-state index contributed by atoms with van der Waals surface area (Å²) in [6.07, 6.45) is 0.119. The zero-order valence-corrected chi connectivity index (χ0v) is 12.8. The van der Waals surface area contributed by atoms with E-state index >= 15 is 0 Å². The van der Waals surface area contributed by atoms with E-state index in [1.165, 1.54) is 18.4 Å². The van der Waals surface area contributed by atoms with Crippen LogP contribution in [0.5, 0.6) is 5.75 Å². The lowest BCUT2D eigenvalue weighted by molar-refractivity contribution is 0.0594. The lowest BCUT2D eigenvalue weighted by Crippen LogP contribution is -2.05. The predicted octanol–water partition coefficient (Wildman–Crippen LogP) is 3.69. The summed E-state index contributed by atoms with van der Waals surface area (Å²) in [5.41, 5.74) is 1.31. The third-order valence-electron chi connectivity index (χ3n) is 2.63. The van der Waals surface area contributed by atoms with Crippen LogP contribution >= 0.6 is 11.3 Å². The van der Waals surface area contributed by atoms with Gasteiger partial charge in [-0.3, -0.25) is 0 Å². The molecular formula is C15H17NO3S. The second-order valence-corrected chi connectivity index (χ2v) is 5.81. The van der Waals surface area contributed by atoms with Gasteiger partial charge in [-0.1, -0.05) is 12.1 Å². The predicted molar refractivity (Wildman–Crippen MR) is 79.4 cm³/mol. The quantitative estimate of drug-likeness (QED) is 0.806. The van der Waals surface area contributed by atoms with Crippen molar-refractivity contribution in [3.63, 3.8) is 0 Å². The lowest BCUT2D eigenvalue weighted by atomic mass is 10.2. The van der Waals surface area contributed by atoms with Crippen molar-refractivity contribution in [2.45, 2.75) is 26.9 Å². The first-order valence-corrected chi connectivity index (χ1v) is 7.15. The van der Waals surface area contributed by atoms with Gasteiger partial charge in [0.25, 0.3) is 0 Å². The molecule has 1 aromatic heterocycles. The molecule has 4 nitrogen and oxygen atoms in total. The van der Waals surface area contributed by atoms with Crippen molar-refractivity contribution in [3.8, 4) is 16.3 Å². The average Bonchev–Trinajstić information content (AvgIpc) is 2.79. The third-order valence-corrected chi connectivity index (χ3v) is 3.65. The molecule has 0 fully saturated rings. The maximum Gasteiger partial charge on any atom is 0.357 e. The van der Waals surface area contributed by atoms with Crippen LogP contribution in [0.2, 0.25) is 0 Å². The second-order valence-electron chi connectivity index (χ2n) is 4.61. The molecule has 1 aromatic carbocycles. The fourth-order valence-corrected chi connectivity index (χ4v) is 2.68. The molecule has 0 amide bonds. The Kier molecular flexibility index (Phi) is 4.39. The van der Waals surface area contributed by atoms with Gasteiger partial charge in [-0.05, 0) is 32.9 Å². The van der Waals surface area contributed by atoms with E-state index in [-0.39, 0.29) is 6.10 Å². The summed E-state index contributed by atoms with van der Waals surface area (Å²) in [5.74, 6) is 0.393. The highest BCUT2D eigenvalue weighted by molar-refractivity contribution is 7.15. The molecule has 0 N–H and O–H groups in total. The SMILES string of the molecule is COC(=O)c1nc(-c2cccc(OC(C)C)c2)sc1C. The van der Waals surface area contributed by atoms with Gasteiger partial charge in [-0.15, -0.1) is 11.3 Å². The van der Waals surface area contributed by atoms with Crippen LogP contribution in [0, 0.1) is 6.92 Å². The van der Waals surface area contributed by atoms with Crippen molar-refractivity contribution in [1.29, 1.82) is 0 Å². The summed E-state index contributed by atoms with van der Waals surface area (Å²) in [6, 6.07) is 7.71. The minimum absolute atomic E-state index is 0.119. The monoisotopic (exact) mass is 291 g/mol. The van der Waals surface area contributed by atoms with Gasteiger partial charge in [0.2, 0.25) is 0 Å². The normalized spacial score (nSPS) is 10.7. The molecule has 0 bridgehead atoms. The molecule has 0 saturated carbocycles. The van der Waals surface area contributed by atoms with Crippen LogP contribution in [0.4, 0.5) is 0 Å². The van der Waals surface area contributed by atoms with Crippen molar-refractivity contribution in [2.75, 3.05) is 7.11 Å². The Morgan fingerprint density at radius 3 is 2.75 bits per heavy atom. The molecule has 0 radical (unpaired) electrons. The van der Waals surface area contributed by atoms with E-state index in [1.807, 2.05) is 45.0 Å². The zero-order valence-electron chi connectivity index (χ0n) is 12.0. The molecule has 0 unspecified atom stereocenters. The number of nitrogens with zero attached hydrogens (tertiary/aromatic N) is 1. The van der Waals surface area contributed by atoms with E-state index in [0.29, 0.717) is 5.69 Å². The van der Waals surface area contributed by atoms with E-state index in [2.05, 4.69) is 4.98 Å². The molecule has 0 spiro atoms. The number of aryl methyl sites for hydroxylation is 1. The summed E-state index contributed by atoms with van der Waals surface area (Å²) in [4.78, 5) is 16.8. The average molecular weight is 291 g/mol. The van der Waals surface area contributed by atoms with Crippen molar-refractivity contribution in [2.24, 2.45) is 0 Å². The van der Waals surface area contributed by atoms with Crippen molar-refractivity contribution in [1.82, 2.24) is 4.98 Å². The van der Waals surface area contributed by atoms with Gasteiger partial charge < -0.3 is 9.47 Å². The number of methoxy groups -OCH3 is 1. The minimum Gasteiger partial charge on any atom is -0.491 e. The number of esters is 1. The Morgan fingerprint density at radius 2 is 2.10 bits per heavy atom. The Hall–Kier alpha value is -1.88. The van der Waals surface area contributed by atoms with Gasteiger partial charge in [0, 0.05) is 10.4 Å². The summed E-state index contributed by atoms with van der Waals surface area (Å²) < 4.78 is 10.4. The first kappa shape index (κ1) is 14.5. The fourth-order valence-electron chi connectivity index (χ4n) is 1.78. The molecule has 2 aromatic rings. The molecular weight excluding hydrogens is 274 g/mol. The zero-order chi connectivity index (χ0) is 14.7. The second kappa shape index (κ2) is 6.05. The number of carbonyl (C=O) groups is 1. The first-order valence-electron chi connectivity index (χ1n) is 6.34. The van der Waals surface area contributed by atoms with Gasteiger partial charge >= 0.3 is 5.97 Å². The van der Waals surface area contributed by atoms with Gasteiger partial charge in [-0.25, -0.2) is 9.78 Å². The van der Waals surface area contributed by atoms with E-state index in [1.54, 1.807) is 0 Å². The Morgan fingerprint density at radius 1 is 1.35 bits per heavy atom. The van der Waals surface area contributed by atoms with Crippen molar-refractivity contribution in [3.05, 3.63) is 34.8 Å². The summed E-state index contributed by atoms with van der Waals surface area (Å²) >= 11 is 1.47. The highest BCUT2D eigenvalue weighted by Crippen LogP contribution is 2.30. The van der Waals surface area contributed by atoms with Crippen LogP contribution in [0.15, 0.2) is 24.3 Å². The molecule has 2 rings (SSSR count). The third kappa shape index (κ3) is 3.17. The molecule has 0 aliphatic carbocycles. The molecule has 0 aliphatic rings. The summed E-state index contributed by atoms with van der Waals surface area (Å²) in [7, 11) is 1.36. The molecule has 0 aliphatic heterocycles. The number of benzene rings is 1. The van der Waals surface area contributed by atoms with Crippen LogP contribution in [0.3, 0.4) is 0 Å². The Balaban J connectivity index is 2.34. The number of ether oxygens (including phenoxy) is 2. The van der Waals surface area contributed by atoms with Crippen LogP contribution in [0.25, 0.3) is 10.6 Å². The molecule has 5 heteroatoms.